The van der Waals surface area contributed by atoms with Crippen molar-refractivity contribution in [3.8, 4) is 5.88 Å². The lowest BCUT2D eigenvalue weighted by Crippen LogP contribution is -2.37. The van der Waals surface area contributed by atoms with Crippen molar-refractivity contribution in [2.24, 2.45) is 11.1 Å². The number of rotatable bonds is 9. The van der Waals surface area contributed by atoms with Crippen LogP contribution in [-0.2, 0) is 22.6 Å². The minimum absolute atomic E-state index is 0.198. The number of nitrogens with zero attached hydrogens (tertiary/aromatic N) is 2. The highest BCUT2D eigenvalue weighted by Crippen LogP contribution is 2.30. The van der Waals surface area contributed by atoms with Crippen LogP contribution in [0.1, 0.15) is 32.9 Å². The minimum atomic E-state index is -0.866. The molecule has 1 rings (SSSR count). The molecule has 3 N–H and O–H groups in total. The van der Waals surface area contributed by atoms with Crippen LogP contribution in [0.25, 0.3) is 0 Å². The van der Waals surface area contributed by atoms with Gasteiger partial charge in [-0.15, -0.1) is 5.10 Å². The average molecular weight is 364 g/mol. The number of hydrogen-bond donors (Lipinski definition) is 2. The number of hydrogen-bond acceptors (Lipinski definition) is 6. The van der Waals surface area contributed by atoms with Crippen LogP contribution < -0.4 is 10.5 Å². The van der Waals surface area contributed by atoms with Gasteiger partial charge in [-0.3, -0.25) is 4.68 Å². The second-order valence-corrected chi connectivity index (χ2v) is 6.77. The quantitative estimate of drug-likeness (QED) is 0.649. The molecule has 1 unspecified atom stereocenters. The van der Waals surface area contributed by atoms with E-state index in [1.54, 1.807) is 7.11 Å². The Hall–Kier alpha value is -1.51. The number of carbonyl (C=O) groups is 1. The first-order valence-electron chi connectivity index (χ1n) is 7.64. The number of carbonyl (C=O) groups excluding carboxylic acids is 1. The Labute approximate surface area is 146 Å². The molecule has 138 valence electrons. The van der Waals surface area contributed by atoms with Crippen LogP contribution in [0.3, 0.4) is 0 Å². The molecule has 0 aromatic carbocycles. The molecule has 9 heteroatoms. The molecule has 24 heavy (non-hydrogen) atoms. The first-order valence-corrected chi connectivity index (χ1v) is 8.02. The summed E-state index contributed by atoms with van der Waals surface area (Å²) in [5.41, 5.74) is 5.15. The van der Waals surface area contributed by atoms with Crippen LogP contribution in [-0.4, -0.2) is 47.4 Å². The lowest BCUT2D eigenvalue weighted by atomic mass is 9.89. The largest absolute Gasteiger partial charge is 0.475 e. The fourth-order valence-corrected chi connectivity index (χ4v) is 2.25. The third-order valence-electron chi connectivity index (χ3n) is 3.41. The van der Waals surface area contributed by atoms with Crippen molar-refractivity contribution in [2.75, 3.05) is 20.3 Å². The van der Waals surface area contributed by atoms with E-state index in [1.165, 1.54) is 4.68 Å². The number of ether oxygens (including phenoxy) is 3. The van der Waals surface area contributed by atoms with Crippen LogP contribution in [0.4, 0.5) is 4.79 Å². The van der Waals surface area contributed by atoms with Crippen LogP contribution in [0.5, 0.6) is 5.88 Å². The normalized spacial score (nSPS) is 12.9. The fourth-order valence-electron chi connectivity index (χ4n) is 2.00. The van der Waals surface area contributed by atoms with Gasteiger partial charge in [0, 0.05) is 25.6 Å². The summed E-state index contributed by atoms with van der Waals surface area (Å²) >= 11 is 6.21. The molecule has 0 aliphatic carbocycles. The monoisotopic (exact) mass is 363 g/mol. The Kier molecular flexibility index (Phi) is 7.78. The first kappa shape index (κ1) is 20.5. The van der Waals surface area contributed by atoms with Crippen molar-refractivity contribution in [3.63, 3.8) is 0 Å². The summed E-state index contributed by atoms with van der Waals surface area (Å²) in [4.78, 5) is 11.1. The van der Waals surface area contributed by atoms with Crippen molar-refractivity contribution in [3.05, 3.63) is 10.7 Å². The number of amides is 1. The maximum Gasteiger partial charge on any atom is 0.404 e. The van der Waals surface area contributed by atoms with Gasteiger partial charge in [0.05, 0.1) is 25.5 Å². The van der Waals surface area contributed by atoms with E-state index in [4.69, 9.17) is 31.5 Å². The summed E-state index contributed by atoms with van der Waals surface area (Å²) in [6.07, 6.45) is -0.726. The zero-order valence-electron chi connectivity index (χ0n) is 14.5. The molecule has 1 aromatic heterocycles. The first-order chi connectivity index (χ1) is 11.2. The molecule has 0 radical (unpaired) electrons. The second kappa shape index (κ2) is 9.10. The van der Waals surface area contributed by atoms with Gasteiger partial charge in [0.1, 0.15) is 11.1 Å². The Morgan fingerprint density at radius 2 is 2.08 bits per heavy atom. The number of aliphatic hydroxyl groups excluding tert-OH is 1. The van der Waals surface area contributed by atoms with E-state index >= 15 is 0 Å². The van der Waals surface area contributed by atoms with Crippen molar-refractivity contribution in [1.29, 1.82) is 0 Å². The van der Waals surface area contributed by atoms with Crippen LogP contribution >= 0.6 is 11.6 Å². The summed E-state index contributed by atoms with van der Waals surface area (Å²) in [6.45, 7) is 6.55. The molecular formula is C15H26ClN3O5. The third-order valence-corrected chi connectivity index (χ3v) is 3.79. The van der Waals surface area contributed by atoms with Crippen LogP contribution in [0.15, 0.2) is 0 Å². The molecule has 1 aromatic rings. The SMILES string of the molecule is COCCCOc1nn(CC(OC(N)=O)C(C)(C)C)c(CO)c1Cl. The Morgan fingerprint density at radius 1 is 1.42 bits per heavy atom. The summed E-state index contributed by atoms with van der Waals surface area (Å²) in [5.74, 6) is 0.226. The molecule has 0 aliphatic heterocycles. The maximum atomic E-state index is 11.1. The molecule has 1 amide bonds. The molecule has 0 bridgehead atoms. The highest BCUT2D eigenvalue weighted by molar-refractivity contribution is 6.32. The summed E-state index contributed by atoms with van der Waals surface area (Å²) in [7, 11) is 1.61. The Bertz CT molecular complexity index is 542. The van der Waals surface area contributed by atoms with E-state index in [-0.39, 0.29) is 29.5 Å². The third kappa shape index (κ3) is 5.85. The second-order valence-electron chi connectivity index (χ2n) is 6.39. The standard InChI is InChI=1S/C15H26ClN3O5/c1-15(2,3)11(24-14(17)21)8-19-10(9-20)12(16)13(18-19)23-7-5-6-22-4/h11,20H,5-9H2,1-4H3,(H2,17,21). The van der Waals surface area contributed by atoms with E-state index in [2.05, 4.69) is 5.10 Å². The van der Waals surface area contributed by atoms with E-state index in [0.717, 1.165) is 0 Å². The van der Waals surface area contributed by atoms with Crippen molar-refractivity contribution < 1.29 is 24.1 Å². The summed E-state index contributed by atoms with van der Waals surface area (Å²) < 4.78 is 17.1. The van der Waals surface area contributed by atoms with Crippen molar-refractivity contribution in [2.45, 2.75) is 46.4 Å². The van der Waals surface area contributed by atoms with Gasteiger partial charge in [0.25, 0.3) is 5.88 Å². The van der Waals surface area contributed by atoms with E-state index < -0.39 is 12.2 Å². The molecule has 0 aliphatic rings. The van der Waals surface area contributed by atoms with Crippen LogP contribution in [0, 0.1) is 5.41 Å². The molecular weight excluding hydrogens is 338 g/mol. The van der Waals surface area contributed by atoms with Crippen molar-refractivity contribution >= 4 is 17.7 Å². The van der Waals surface area contributed by atoms with Gasteiger partial charge in [0.2, 0.25) is 0 Å². The molecule has 0 spiro atoms. The van der Waals surface area contributed by atoms with E-state index in [9.17, 15) is 9.90 Å². The van der Waals surface area contributed by atoms with Gasteiger partial charge in [-0.25, -0.2) is 4.79 Å². The number of nitrogens with two attached hydrogens (primary N) is 1. The number of methoxy groups -OCH3 is 1. The van der Waals surface area contributed by atoms with Gasteiger partial charge < -0.3 is 25.1 Å². The Morgan fingerprint density at radius 3 is 2.58 bits per heavy atom. The lowest BCUT2D eigenvalue weighted by Gasteiger charge is -2.29. The number of halogens is 1. The summed E-state index contributed by atoms with van der Waals surface area (Å²) in [5, 5.41) is 14.1. The van der Waals surface area contributed by atoms with E-state index in [1.807, 2.05) is 20.8 Å². The predicted octanol–water partition coefficient (Wildman–Crippen LogP) is 1.95. The van der Waals surface area contributed by atoms with E-state index in [0.29, 0.717) is 25.3 Å². The molecule has 0 saturated carbocycles. The van der Waals surface area contributed by atoms with Gasteiger partial charge in [0.15, 0.2) is 0 Å². The van der Waals surface area contributed by atoms with Gasteiger partial charge in [-0.05, 0) is 0 Å². The topological polar surface area (TPSA) is 109 Å². The number of primary amides is 1. The summed E-state index contributed by atoms with van der Waals surface area (Å²) in [6, 6.07) is 0. The zero-order chi connectivity index (χ0) is 18.3. The maximum absolute atomic E-state index is 11.1. The molecule has 0 saturated heterocycles. The lowest BCUT2D eigenvalue weighted by molar-refractivity contribution is 0.0220. The molecule has 1 heterocycles. The molecule has 1 atom stereocenters. The zero-order valence-corrected chi connectivity index (χ0v) is 15.3. The predicted molar refractivity (Wildman–Crippen MR) is 89.1 cm³/mol. The van der Waals surface area contributed by atoms with Gasteiger partial charge in [-0.2, -0.15) is 0 Å². The van der Waals surface area contributed by atoms with Crippen LogP contribution in [0.2, 0.25) is 5.02 Å². The Balaban J connectivity index is 2.94. The molecule has 0 fully saturated rings. The smallest absolute Gasteiger partial charge is 0.404 e. The van der Waals surface area contributed by atoms with Crippen molar-refractivity contribution in [1.82, 2.24) is 9.78 Å². The fraction of sp³-hybridized carbons (Fsp3) is 0.733. The number of aromatic nitrogens is 2. The minimum Gasteiger partial charge on any atom is -0.475 e. The number of aliphatic hydroxyl groups is 1. The highest BCUT2D eigenvalue weighted by atomic mass is 35.5. The average Bonchev–Trinajstić information content (AvgIpc) is 2.77. The van der Waals surface area contributed by atoms with Gasteiger partial charge >= 0.3 is 6.09 Å². The highest BCUT2D eigenvalue weighted by Gasteiger charge is 2.30. The van der Waals surface area contributed by atoms with Gasteiger partial charge in [-0.1, -0.05) is 32.4 Å². The molecule has 8 nitrogen and oxygen atoms in total.